The fourth-order valence-electron chi connectivity index (χ4n) is 13.0. The van der Waals surface area contributed by atoms with Crippen molar-refractivity contribution >= 4 is 76.7 Å². The van der Waals surface area contributed by atoms with Crippen molar-refractivity contribution in [3.05, 3.63) is 248 Å². The summed E-state index contributed by atoms with van der Waals surface area (Å²) in [6, 6.07) is 59.7. The van der Waals surface area contributed by atoms with E-state index in [4.69, 9.17) is 8.53 Å². The number of rotatable bonds is 1. The number of benzene rings is 5. The van der Waals surface area contributed by atoms with Gasteiger partial charge < -0.3 is 4.42 Å². The summed E-state index contributed by atoms with van der Waals surface area (Å²) in [4.78, 5) is 19.5. The third kappa shape index (κ3) is 6.71. The van der Waals surface area contributed by atoms with Gasteiger partial charge >= 0.3 is 11.5 Å². The molecule has 16 heteroatoms. The van der Waals surface area contributed by atoms with Gasteiger partial charge in [-0.1, -0.05) is 102 Å². The molecule has 5 aromatic carbocycles. The molecule has 0 radical (unpaired) electrons. The summed E-state index contributed by atoms with van der Waals surface area (Å²) in [7, 11) is 0. The Bertz CT molecular complexity index is 5480. The number of oxazole rings is 1. The summed E-state index contributed by atoms with van der Waals surface area (Å²) in [5.74, 6) is 0.666. The number of fused-ring (bicyclic) bond motifs is 28. The second kappa shape index (κ2) is 17.6. The van der Waals surface area contributed by atoms with Gasteiger partial charge in [0.15, 0.2) is 27.8 Å². The van der Waals surface area contributed by atoms with Crippen LogP contribution in [0.4, 0.5) is 0 Å². The van der Waals surface area contributed by atoms with Gasteiger partial charge in [0.05, 0.1) is 27.8 Å². The normalized spacial score (nSPS) is 13.6. The summed E-state index contributed by atoms with van der Waals surface area (Å²) in [6.45, 7) is 1.07. The van der Waals surface area contributed by atoms with Crippen molar-refractivity contribution in [3.63, 3.8) is 0 Å². The summed E-state index contributed by atoms with van der Waals surface area (Å²) in [5.41, 5.74) is 24.1. The van der Waals surface area contributed by atoms with Gasteiger partial charge in [-0.15, -0.1) is 0 Å². The van der Waals surface area contributed by atoms with E-state index in [-0.39, 0.29) is 0 Å². The second-order valence-electron chi connectivity index (χ2n) is 21.3. The number of thiazole rings is 1. The van der Waals surface area contributed by atoms with Crippen molar-refractivity contribution in [2.75, 3.05) is 0 Å². The first-order valence-electron chi connectivity index (χ1n) is 29.1. The van der Waals surface area contributed by atoms with Crippen LogP contribution in [0, 0.1) is 0 Å². The summed E-state index contributed by atoms with van der Waals surface area (Å²) in [6.07, 6.45) is 15.8. The maximum absolute atomic E-state index is 7.97. The Balaban J connectivity index is 0.0000000871. The van der Waals surface area contributed by atoms with Crippen LogP contribution in [0.1, 0.15) is 26.4 Å². The van der Waals surface area contributed by atoms with E-state index in [2.05, 4.69) is 174 Å². The Morgan fingerprint density at radius 2 is 1.05 bits per heavy atom. The number of hydrogen-bond acceptors (Lipinski definition) is 6. The molecule has 4 aliphatic rings. The van der Waals surface area contributed by atoms with Crippen LogP contribution < -0.4 is 18.3 Å². The first-order valence-corrected chi connectivity index (χ1v) is 28.4. The highest BCUT2D eigenvalue weighted by atomic mass is 32.1. The molecule has 16 heterocycles. The van der Waals surface area contributed by atoms with Gasteiger partial charge in [0.25, 0.3) is 24.6 Å². The van der Waals surface area contributed by atoms with Crippen LogP contribution in [0.25, 0.3) is 117 Å². The molecule has 0 saturated heterocycles. The number of aryl methyl sites for hydroxylation is 1. The van der Waals surface area contributed by atoms with Crippen LogP contribution >= 0.6 is 11.3 Å². The summed E-state index contributed by atoms with van der Waals surface area (Å²) >= 11 is 1.84. The minimum Gasteiger partial charge on any atom is -0.415 e. The first kappa shape index (κ1) is 43.0. The summed E-state index contributed by atoms with van der Waals surface area (Å²) < 4.78 is 52.5. The zero-order chi connectivity index (χ0) is 56.9. The van der Waals surface area contributed by atoms with E-state index in [1.54, 1.807) is 6.20 Å². The van der Waals surface area contributed by atoms with Crippen molar-refractivity contribution < 1.29 is 26.8 Å². The molecular weight excluding hydrogens is 1050 g/mol. The molecule has 17 aromatic rings. The molecule has 394 valence electrons. The molecule has 12 aromatic heterocycles. The molecule has 0 N–H and O–H groups in total. The van der Waals surface area contributed by atoms with E-state index in [9.17, 15) is 0 Å². The molecule has 0 bridgehead atoms. The van der Waals surface area contributed by atoms with E-state index in [1.807, 2.05) is 118 Å². The van der Waals surface area contributed by atoms with E-state index in [0.29, 0.717) is 17.8 Å². The van der Waals surface area contributed by atoms with Crippen LogP contribution in [-0.2, 0) is 33.2 Å². The lowest BCUT2D eigenvalue weighted by Gasteiger charge is -2.04. The Kier molecular flexibility index (Phi) is 9.11. The maximum Gasteiger partial charge on any atom is 0.370 e. The number of nitrogens with zero attached hydrogens (tertiary/aromatic N) is 14. The number of hydrogen-bond donors (Lipinski definition) is 0. The molecule has 0 unspecified atom stereocenters. The van der Waals surface area contributed by atoms with Gasteiger partial charge in [0.2, 0.25) is 21.9 Å². The third-order valence-electron chi connectivity index (χ3n) is 16.6. The van der Waals surface area contributed by atoms with Gasteiger partial charge in [-0.2, -0.15) is 17.6 Å². The van der Waals surface area contributed by atoms with Crippen LogP contribution in [0.5, 0.6) is 0 Å². The van der Waals surface area contributed by atoms with Gasteiger partial charge in [0.1, 0.15) is 59.6 Å². The van der Waals surface area contributed by atoms with Crippen molar-refractivity contribution in [3.8, 4) is 51.2 Å². The number of pyridine rings is 4. The fraction of sp³-hybridized carbons (Fsp3) is 0.0746. The molecule has 0 fully saturated rings. The van der Waals surface area contributed by atoms with Crippen molar-refractivity contribution in [1.29, 1.82) is 0 Å². The van der Waals surface area contributed by atoms with E-state index in [1.165, 1.54) is 70.1 Å². The van der Waals surface area contributed by atoms with Crippen molar-refractivity contribution in [1.82, 2.24) is 46.7 Å². The lowest BCUT2D eigenvalue weighted by Crippen LogP contribution is -2.29. The van der Waals surface area contributed by atoms with Gasteiger partial charge in [-0.3, -0.25) is 24.5 Å². The highest BCUT2D eigenvalue weighted by molar-refractivity contribution is 7.24. The number of aromatic nitrogens is 14. The second-order valence-corrected chi connectivity index (χ2v) is 22.3. The fourth-order valence-corrected chi connectivity index (χ4v) is 14.2. The molecule has 0 aliphatic carbocycles. The SMILES string of the molecule is [2H]C([2H])([2H])[n+]1c2ccccc2n2cc3n(c21)Cc1cccnc1-3.c1ccc(-n2c3ccccc3n3c[n+]4c(c23)-c2ncccc2C4)cc1.c1cnc2c(c1)C[n+]1cn3c(oc4ccccc43)c1-2.c1cnc2c(c1)C[n+]1cn3c(sc4ccccc43)c1-2. The highest BCUT2D eigenvalue weighted by Crippen LogP contribution is 2.38. The predicted octanol–water partition coefficient (Wildman–Crippen LogP) is 11.0. The van der Waals surface area contributed by atoms with Crippen molar-refractivity contribution in [2.45, 2.75) is 26.2 Å². The topological polar surface area (TPSA) is 108 Å². The molecule has 21 rings (SSSR count). The highest BCUT2D eigenvalue weighted by Gasteiger charge is 2.37. The van der Waals surface area contributed by atoms with Crippen LogP contribution in [0.3, 0.4) is 0 Å². The smallest absolute Gasteiger partial charge is 0.370 e. The molecule has 0 saturated carbocycles. The zero-order valence-electron chi connectivity index (χ0n) is 47.3. The van der Waals surface area contributed by atoms with Gasteiger partial charge in [0, 0.05) is 52.7 Å². The molecule has 0 amide bonds. The predicted molar refractivity (Wildman–Crippen MR) is 318 cm³/mol. The minimum atomic E-state index is -2.24. The third-order valence-corrected chi connectivity index (χ3v) is 17.7. The minimum absolute atomic E-state index is 0.640. The van der Waals surface area contributed by atoms with Crippen LogP contribution in [0.2, 0.25) is 0 Å². The van der Waals surface area contributed by atoms with Crippen LogP contribution in [0.15, 0.2) is 230 Å². The Labute approximate surface area is 480 Å². The van der Waals surface area contributed by atoms with Crippen LogP contribution in [-0.4, -0.2) is 46.7 Å². The Morgan fingerprint density at radius 3 is 1.80 bits per heavy atom. The monoisotopic (exact) mass is 1100 g/mol. The largest absolute Gasteiger partial charge is 0.415 e. The number of para-hydroxylation sites is 8. The molecule has 15 nitrogen and oxygen atoms in total. The standard InChI is InChI=1S/C21H15N4.C16H13N4.C15H10N3O.C15H10N3S/c1-2-8-16(9-3-1)25-18-11-5-4-10-17(18)24-14-23-13-15-7-6-12-22-19(15)20(23)21(24)25;1-18-12-6-2-3-7-13(12)20-10-14-15-11(5-4-8-17-15)9-19(14)16(18)20;2*1-2-6-12-11(5-1)18-9-17-8-10-4-3-7-16-13(10)14(17)15(18)19-12/h1-12,14H,13H2;2-8,10H,9H2,1H3;2*1-7,9H,8H2/q4*+1/i;1D3;;. The van der Waals surface area contributed by atoms with E-state index < -0.39 is 6.98 Å². The molecular formula is C67H48N14OS+4. The van der Waals surface area contributed by atoms with E-state index in [0.717, 1.165) is 81.7 Å². The molecule has 0 atom stereocenters. The maximum atomic E-state index is 7.97. The van der Waals surface area contributed by atoms with E-state index >= 15 is 0 Å². The number of imidazole rings is 6. The van der Waals surface area contributed by atoms with Gasteiger partial charge in [-0.05, 0) is 84.9 Å². The molecule has 0 spiro atoms. The molecule has 83 heavy (non-hydrogen) atoms. The Morgan fingerprint density at radius 1 is 0.482 bits per heavy atom. The lowest BCUT2D eigenvalue weighted by atomic mass is 10.2. The quantitative estimate of drug-likeness (QED) is 0.152. The average molecular weight is 1100 g/mol. The lowest BCUT2D eigenvalue weighted by molar-refractivity contribution is -0.671. The summed E-state index contributed by atoms with van der Waals surface area (Å²) in [5, 5.41) is 0. The molecule has 4 aliphatic heterocycles. The first-order chi connectivity index (χ1) is 42.3. The van der Waals surface area contributed by atoms with Crippen molar-refractivity contribution in [2.24, 2.45) is 6.98 Å². The zero-order valence-corrected chi connectivity index (χ0v) is 45.1. The Hall–Kier alpha value is -10.8. The van der Waals surface area contributed by atoms with Gasteiger partial charge in [-0.25, -0.2) is 22.8 Å². The average Bonchev–Trinajstić information content (AvgIpc) is 1.63.